The van der Waals surface area contributed by atoms with E-state index >= 15 is 0 Å². The lowest BCUT2D eigenvalue weighted by atomic mass is 10.1. The third kappa shape index (κ3) is 2.76. The number of nitrogens with zero attached hydrogens (tertiary/aromatic N) is 2. The number of nitrogens with one attached hydrogen (secondary N) is 1. The predicted octanol–water partition coefficient (Wildman–Crippen LogP) is 2.51. The Labute approximate surface area is 112 Å². The lowest BCUT2D eigenvalue weighted by Crippen LogP contribution is -2.01. The number of carbonyl (C=O) groups is 1. The zero-order valence-corrected chi connectivity index (χ0v) is 11.4. The number of aryl methyl sites for hydroxylation is 2. The molecule has 0 aliphatic rings. The lowest BCUT2D eigenvalue weighted by molar-refractivity contribution is 0.101. The van der Waals surface area contributed by atoms with Crippen LogP contribution in [0.2, 0.25) is 0 Å². The van der Waals surface area contributed by atoms with Crippen LogP contribution in [0.5, 0.6) is 0 Å². The third-order valence-corrected chi connectivity index (χ3v) is 2.95. The van der Waals surface area contributed by atoms with Crippen LogP contribution in [0.3, 0.4) is 0 Å². The molecule has 2 aromatic rings. The number of nitrogens with two attached hydrogens (primary N) is 1. The first kappa shape index (κ1) is 13.1. The Hall–Kier alpha value is -2.30. The highest BCUT2D eigenvalue weighted by Crippen LogP contribution is 2.24. The Morgan fingerprint density at radius 2 is 2.21 bits per heavy atom. The Balaban J connectivity index is 2.28. The van der Waals surface area contributed by atoms with Crippen LogP contribution >= 0.6 is 0 Å². The minimum absolute atomic E-state index is 0.0281. The molecule has 1 heterocycles. The van der Waals surface area contributed by atoms with E-state index in [1.807, 2.05) is 19.3 Å². The molecule has 0 atom stereocenters. The summed E-state index contributed by atoms with van der Waals surface area (Å²) in [4.78, 5) is 11.3. The highest BCUT2D eigenvalue weighted by molar-refractivity contribution is 5.99. The summed E-state index contributed by atoms with van der Waals surface area (Å²) in [6, 6.07) is 5.35. The van der Waals surface area contributed by atoms with E-state index in [0.29, 0.717) is 11.3 Å². The van der Waals surface area contributed by atoms with Crippen molar-refractivity contribution in [3.05, 3.63) is 35.7 Å². The molecule has 0 spiro atoms. The van der Waals surface area contributed by atoms with Crippen molar-refractivity contribution in [1.82, 2.24) is 9.78 Å². The largest absolute Gasteiger partial charge is 0.398 e. The number of aromatic nitrogens is 2. The number of nitrogen functional groups attached to an aromatic ring is 1. The second-order valence-electron chi connectivity index (χ2n) is 4.50. The first-order chi connectivity index (χ1) is 9.01. The fourth-order valence-electron chi connectivity index (χ4n) is 2.02. The second-order valence-corrected chi connectivity index (χ2v) is 4.50. The molecule has 0 saturated heterocycles. The summed E-state index contributed by atoms with van der Waals surface area (Å²) >= 11 is 0. The number of Topliss-reactive ketones (excluding diaryl/α,β-unsaturated/α-hetero) is 1. The highest BCUT2D eigenvalue weighted by Gasteiger charge is 2.08. The summed E-state index contributed by atoms with van der Waals surface area (Å²) in [5, 5.41) is 7.64. The molecule has 5 nitrogen and oxygen atoms in total. The zero-order valence-electron chi connectivity index (χ0n) is 11.4. The number of ketones is 1. The van der Waals surface area contributed by atoms with E-state index in [-0.39, 0.29) is 5.78 Å². The molecule has 3 N–H and O–H groups in total. The van der Waals surface area contributed by atoms with E-state index in [1.54, 1.807) is 16.8 Å². The molecule has 0 aliphatic heterocycles. The number of carbonyl (C=O) groups excluding carboxylic acids is 1. The third-order valence-electron chi connectivity index (χ3n) is 2.95. The molecular formula is C14H18N4O. The maximum Gasteiger partial charge on any atom is 0.161 e. The van der Waals surface area contributed by atoms with Crippen molar-refractivity contribution >= 4 is 22.8 Å². The molecule has 0 radical (unpaired) electrons. The second kappa shape index (κ2) is 5.14. The molecule has 5 heteroatoms. The first-order valence-electron chi connectivity index (χ1n) is 6.21. The van der Waals surface area contributed by atoms with Crippen LogP contribution in [0.25, 0.3) is 0 Å². The molecule has 100 valence electrons. The van der Waals surface area contributed by atoms with Crippen LogP contribution in [0.1, 0.15) is 29.9 Å². The van der Waals surface area contributed by atoms with Gasteiger partial charge in [-0.05, 0) is 31.5 Å². The van der Waals surface area contributed by atoms with Gasteiger partial charge in [0.05, 0.1) is 11.4 Å². The van der Waals surface area contributed by atoms with Crippen molar-refractivity contribution in [3.63, 3.8) is 0 Å². The van der Waals surface area contributed by atoms with Gasteiger partial charge in [0, 0.05) is 30.2 Å². The Kier molecular flexibility index (Phi) is 3.55. The molecule has 2 rings (SSSR count). The van der Waals surface area contributed by atoms with Gasteiger partial charge in [0.15, 0.2) is 5.78 Å². The number of rotatable bonds is 4. The van der Waals surface area contributed by atoms with Gasteiger partial charge in [0.25, 0.3) is 0 Å². The number of hydrogen-bond acceptors (Lipinski definition) is 4. The summed E-state index contributed by atoms with van der Waals surface area (Å²) in [7, 11) is 1.89. The first-order valence-corrected chi connectivity index (χ1v) is 6.21. The van der Waals surface area contributed by atoms with Crippen LogP contribution < -0.4 is 11.1 Å². The molecule has 1 aromatic heterocycles. The molecule has 0 amide bonds. The average Bonchev–Trinajstić information content (AvgIpc) is 2.69. The number of benzene rings is 1. The molecule has 0 bridgehead atoms. The van der Waals surface area contributed by atoms with E-state index in [4.69, 9.17) is 5.73 Å². The zero-order chi connectivity index (χ0) is 14.0. The van der Waals surface area contributed by atoms with Gasteiger partial charge >= 0.3 is 0 Å². The Morgan fingerprint density at radius 3 is 2.79 bits per heavy atom. The van der Waals surface area contributed by atoms with Crippen LogP contribution in [0, 0.1) is 0 Å². The van der Waals surface area contributed by atoms with Gasteiger partial charge in [-0.2, -0.15) is 5.10 Å². The van der Waals surface area contributed by atoms with E-state index in [0.717, 1.165) is 23.5 Å². The average molecular weight is 258 g/mol. The summed E-state index contributed by atoms with van der Waals surface area (Å²) in [5.41, 5.74) is 9.71. The fourth-order valence-corrected chi connectivity index (χ4v) is 2.02. The van der Waals surface area contributed by atoms with Gasteiger partial charge < -0.3 is 11.1 Å². The Morgan fingerprint density at radius 1 is 1.47 bits per heavy atom. The lowest BCUT2D eigenvalue weighted by Gasteiger charge is -2.08. The summed E-state index contributed by atoms with van der Waals surface area (Å²) in [6.07, 6.45) is 2.78. The monoisotopic (exact) mass is 258 g/mol. The van der Waals surface area contributed by atoms with Crippen LogP contribution in [-0.4, -0.2) is 15.6 Å². The molecule has 0 unspecified atom stereocenters. The van der Waals surface area contributed by atoms with Gasteiger partial charge in [-0.15, -0.1) is 0 Å². The number of anilines is 3. The van der Waals surface area contributed by atoms with Crippen LogP contribution in [0.4, 0.5) is 17.1 Å². The van der Waals surface area contributed by atoms with Crippen molar-refractivity contribution in [2.45, 2.75) is 20.3 Å². The normalized spacial score (nSPS) is 10.5. The molecule has 19 heavy (non-hydrogen) atoms. The smallest absolute Gasteiger partial charge is 0.161 e. The molecule has 0 saturated carbocycles. The minimum Gasteiger partial charge on any atom is -0.398 e. The van der Waals surface area contributed by atoms with Gasteiger partial charge in [-0.25, -0.2) is 0 Å². The molecule has 1 aromatic carbocycles. The van der Waals surface area contributed by atoms with E-state index < -0.39 is 0 Å². The van der Waals surface area contributed by atoms with Crippen molar-refractivity contribution in [3.8, 4) is 0 Å². The molecule has 0 fully saturated rings. The Bertz CT molecular complexity index is 616. The predicted molar refractivity (Wildman–Crippen MR) is 76.7 cm³/mol. The molecular weight excluding hydrogens is 240 g/mol. The van der Waals surface area contributed by atoms with Crippen molar-refractivity contribution < 1.29 is 4.79 Å². The minimum atomic E-state index is -0.0281. The van der Waals surface area contributed by atoms with Crippen molar-refractivity contribution in [2.75, 3.05) is 11.1 Å². The van der Waals surface area contributed by atoms with E-state index in [1.165, 1.54) is 6.92 Å². The van der Waals surface area contributed by atoms with Gasteiger partial charge in [-0.3, -0.25) is 9.48 Å². The van der Waals surface area contributed by atoms with Gasteiger partial charge in [0.1, 0.15) is 0 Å². The van der Waals surface area contributed by atoms with E-state index in [9.17, 15) is 4.79 Å². The maximum absolute atomic E-state index is 11.3. The van der Waals surface area contributed by atoms with Crippen LogP contribution in [0.15, 0.2) is 24.4 Å². The molecule has 0 aliphatic carbocycles. The maximum atomic E-state index is 11.3. The van der Waals surface area contributed by atoms with Gasteiger partial charge in [0.2, 0.25) is 0 Å². The van der Waals surface area contributed by atoms with E-state index in [2.05, 4.69) is 17.3 Å². The SMILES string of the molecule is CCc1nn(C)cc1Nc1ccc(C(C)=O)c(N)c1. The standard InChI is InChI=1S/C14H18N4O/c1-4-13-14(8-18(3)17-13)16-10-5-6-11(9(2)19)12(15)7-10/h5-8,16H,4,15H2,1-3H3. The fraction of sp³-hybridized carbons (Fsp3) is 0.286. The van der Waals surface area contributed by atoms with Crippen molar-refractivity contribution in [1.29, 1.82) is 0 Å². The topological polar surface area (TPSA) is 72.9 Å². The van der Waals surface area contributed by atoms with Crippen LogP contribution in [-0.2, 0) is 13.5 Å². The van der Waals surface area contributed by atoms with Crippen molar-refractivity contribution in [2.24, 2.45) is 7.05 Å². The summed E-state index contributed by atoms with van der Waals surface area (Å²) in [6.45, 7) is 3.57. The number of hydrogen-bond donors (Lipinski definition) is 2. The highest BCUT2D eigenvalue weighted by atomic mass is 16.1. The summed E-state index contributed by atoms with van der Waals surface area (Å²) < 4.78 is 1.77. The quantitative estimate of drug-likeness (QED) is 0.653. The van der Waals surface area contributed by atoms with Gasteiger partial charge in [-0.1, -0.05) is 6.92 Å². The summed E-state index contributed by atoms with van der Waals surface area (Å²) in [5.74, 6) is -0.0281.